The minimum absolute atomic E-state index is 0.153. The van der Waals surface area contributed by atoms with E-state index in [-0.39, 0.29) is 12.0 Å². The zero-order valence-corrected chi connectivity index (χ0v) is 12.1. The van der Waals surface area contributed by atoms with Crippen molar-refractivity contribution in [2.75, 3.05) is 33.7 Å². The first-order valence-electron chi connectivity index (χ1n) is 6.50. The molecule has 106 valence electrons. The second-order valence-electron chi connectivity index (χ2n) is 6.30. The van der Waals surface area contributed by atoms with Crippen LogP contribution in [0.15, 0.2) is 0 Å². The van der Waals surface area contributed by atoms with Crippen LogP contribution in [-0.4, -0.2) is 66.4 Å². The van der Waals surface area contributed by atoms with E-state index in [1.807, 2.05) is 34.9 Å². The van der Waals surface area contributed by atoms with E-state index in [4.69, 9.17) is 4.74 Å². The second-order valence-corrected chi connectivity index (χ2v) is 6.30. The Morgan fingerprint density at radius 3 is 2.50 bits per heavy atom. The third-order valence-electron chi connectivity index (χ3n) is 3.01. The maximum atomic E-state index is 11.9. The Morgan fingerprint density at radius 1 is 1.39 bits per heavy atom. The molecule has 1 heterocycles. The van der Waals surface area contributed by atoms with Gasteiger partial charge in [-0.05, 0) is 47.8 Å². The summed E-state index contributed by atoms with van der Waals surface area (Å²) in [5.74, 6) is 0.153. The molecule has 1 N–H and O–H groups in total. The van der Waals surface area contributed by atoms with Crippen molar-refractivity contribution < 1.29 is 14.6 Å². The van der Waals surface area contributed by atoms with Gasteiger partial charge >= 0.3 is 6.09 Å². The lowest BCUT2D eigenvalue weighted by Gasteiger charge is -2.24. The molecule has 1 rings (SSSR count). The summed E-state index contributed by atoms with van der Waals surface area (Å²) in [6.45, 7) is 7.43. The van der Waals surface area contributed by atoms with Crippen molar-refractivity contribution in [3.8, 4) is 0 Å². The first-order valence-corrected chi connectivity index (χ1v) is 6.50. The van der Waals surface area contributed by atoms with Crippen LogP contribution in [0, 0.1) is 5.92 Å². The fourth-order valence-corrected chi connectivity index (χ4v) is 2.04. The van der Waals surface area contributed by atoms with E-state index in [1.54, 1.807) is 4.90 Å². The number of rotatable bonds is 3. The number of aliphatic hydroxyl groups is 1. The molecule has 0 unspecified atom stereocenters. The summed E-state index contributed by atoms with van der Waals surface area (Å²) in [4.78, 5) is 15.6. The number of hydrogen-bond acceptors (Lipinski definition) is 4. The van der Waals surface area contributed by atoms with E-state index in [0.29, 0.717) is 13.1 Å². The fourth-order valence-electron chi connectivity index (χ4n) is 2.04. The van der Waals surface area contributed by atoms with Crippen LogP contribution in [0.5, 0.6) is 0 Å². The van der Waals surface area contributed by atoms with Gasteiger partial charge in [-0.1, -0.05) is 0 Å². The standard InChI is InChI=1S/C13H26N2O3/c1-13(2,3)18-12(17)15-8-10(11(16)9-15)6-7-14(4)5/h10-11,16H,6-9H2,1-5H3/t10-,11-/m1/s1. The SMILES string of the molecule is CN(C)CC[C@@H]1CN(C(=O)OC(C)(C)C)C[C@H]1O. The van der Waals surface area contributed by atoms with Gasteiger partial charge in [0.1, 0.15) is 5.60 Å². The van der Waals surface area contributed by atoms with Gasteiger partial charge in [0.2, 0.25) is 0 Å². The molecule has 5 heteroatoms. The molecule has 0 spiro atoms. The largest absolute Gasteiger partial charge is 0.444 e. The van der Waals surface area contributed by atoms with Crippen LogP contribution in [0.3, 0.4) is 0 Å². The van der Waals surface area contributed by atoms with E-state index in [2.05, 4.69) is 4.90 Å². The molecule has 0 radical (unpaired) electrons. The molecule has 2 atom stereocenters. The van der Waals surface area contributed by atoms with Crippen LogP contribution in [0.1, 0.15) is 27.2 Å². The van der Waals surface area contributed by atoms with Gasteiger partial charge in [0.15, 0.2) is 0 Å². The van der Waals surface area contributed by atoms with Gasteiger partial charge in [0.05, 0.1) is 12.6 Å². The molecule has 0 aromatic rings. The highest BCUT2D eigenvalue weighted by Crippen LogP contribution is 2.22. The van der Waals surface area contributed by atoms with Crippen molar-refractivity contribution in [3.63, 3.8) is 0 Å². The highest BCUT2D eigenvalue weighted by molar-refractivity contribution is 5.68. The van der Waals surface area contributed by atoms with Crippen molar-refractivity contribution >= 4 is 6.09 Å². The van der Waals surface area contributed by atoms with Crippen molar-refractivity contribution in [1.82, 2.24) is 9.80 Å². The number of likely N-dealkylation sites (tertiary alicyclic amines) is 1. The van der Waals surface area contributed by atoms with Crippen LogP contribution in [0.25, 0.3) is 0 Å². The molecule has 1 aliphatic heterocycles. The average Bonchev–Trinajstić information content (AvgIpc) is 2.54. The van der Waals surface area contributed by atoms with Gasteiger partial charge in [-0.15, -0.1) is 0 Å². The molecule has 1 saturated heterocycles. The van der Waals surface area contributed by atoms with E-state index in [9.17, 15) is 9.90 Å². The lowest BCUT2D eigenvalue weighted by atomic mass is 10.0. The Morgan fingerprint density at radius 2 is 2.00 bits per heavy atom. The number of aliphatic hydroxyl groups excluding tert-OH is 1. The molecule has 0 aromatic carbocycles. The monoisotopic (exact) mass is 258 g/mol. The van der Waals surface area contributed by atoms with Crippen molar-refractivity contribution in [2.45, 2.75) is 38.9 Å². The summed E-state index contributed by atoms with van der Waals surface area (Å²) >= 11 is 0. The molecule has 1 amide bonds. The zero-order chi connectivity index (χ0) is 13.9. The first-order chi connectivity index (χ1) is 8.19. The summed E-state index contributed by atoms with van der Waals surface area (Å²) in [6, 6.07) is 0. The quantitative estimate of drug-likeness (QED) is 0.825. The van der Waals surface area contributed by atoms with Crippen molar-refractivity contribution in [3.05, 3.63) is 0 Å². The lowest BCUT2D eigenvalue weighted by Crippen LogP contribution is -2.35. The molecule has 5 nitrogen and oxygen atoms in total. The Kier molecular flexibility index (Phi) is 4.99. The normalized spacial score (nSPS) is 24.7. The molecule has 1 aliphatic rings. The molecule has 0 aromatic heterocycles. The fraction of sp³-hybridized carbons (Fsp3) is 0.923. The Bertz CT molecular complexity index is 286. The summed E-state index contributed by atoms with van der Waals surface area (Å²) in [5, 5.41) is 9.95. The highest BCUT2D eigenvalue weighted by Gasteiger charge is 2.35. The molecule has 1 fully saturated rings. The molecule has 18 heavy (non-hydrogen) atoms. The number of carbonyl (C=O) groups is 1. The third-order valence-corrected chi connectivity index (χ3v) is 3.01. The van der Waals surface area contributed by atoms with E-state index >= 15 is 0 Å². The van der Waals surface area contributed by atoms with Gasteiger partial charge < -0.3 is 19.6 Å². The smallest absolute Gasteiger partial charge is 0.410 e. The molecule has 0 saturated carbocycles. The van der Waals surface area contributed by atoms with Crippen molar-refractivity contribution in [1.29, 1.82) is 0 Å². The van der Waals surface area contributed by atoms with Gasteiger partial charge in [0.25, 0.3) is 0 Å². The third kappa shape index (κ3) is 4.82. The lowest BCUT2D eigenvalue weighted by molar-refractivity contribution is 0.0269. The van der Waals surface area contributed by atoms with Gasteiger partial charge in [-0.2, -0.15) is 0 Å². The number of carbonyl (C=O) groups excluding carboxylic acids is 1. The second kappa shape index (κ2) is 5.89. The number of hydrogen-bond donors (Lipinski definition) is 1. The highest BCUT2D eigenvalue weighted by atomic mass is 16.6. The molecule has 0 aliphatic carbocycles. The van der Waals surface area contributed by atoms with Gasteiger partial charge in [-0.25, -0.2) is 4.79 Å². The predicted molar refractivity (Wildman–Crippen MR) is 70.5 cm³/mol. The number of ether oxygens (including phenoxy) is 1. The number of β-amino-alcohol motifs (C(OH)–C–C–N with tert-alkyl or cyclic N) is 1. The molecular weight excluding hydrogens is 232 g/mol. The summed E-state index contributed by atoms with van der Waals surface area (Å²) in [6.07, 6.45) is 0.138. The van der Waals surface area contributed by atoms with E-state index in [1.165, 1.54) is 0 Å². The Labute approximate surface area is 110 Å². The Balaban J connectivity index is 2.45. The van der Waals surface area contributed by atoms with Crippen LogP contribution < -0.4 is 0 Å². The number of amides is 1. The number of nitrogens with zero attached hydrogens (tertiary/aromatic N) is 2. The summed E-state index contributed by atoms with van der Waals surface area (Å²) < 4.78 is 5.31. The van der Waals surface area contributed by atoms with E-state index in [0.717, 1.165) is 13.0 Å². The topological polar surface area (TPSA) is 53.0 Å². The minimum Gasteiger partial charge on any atom is -0.444 e. The maximum Gasteiger partial charge on any atom is 0.410 e. The van der Waals surface area contributed by atoms with E-state index < -0.39 is 11.7 Å². The minimum atomic E-state index is -0.482. The van der Waals surface area contributed by atoms with Crippen LogP contribution in [0.4, 0.5) is 4.79 Å². The van der Waals surface area contributed by atoms with Crippen molar-refractivity contribution in [2.24, 2.45) is 5.92 Å². The van der Waals surface area contributed by atoms with Gasteiger partial charge in [0, 0.05) is 12.5 Å². The van der Waals surface area contributed by atoms with Gasteiger partial charge in [-0.3, -0.25) is 0 Å². The summed E-state index contributed by atoms with van der Waals surface area (Å²) in [5.41, 5.74) is -0.482. The molecule has 0 bridgehead atoms. The molecular formula is C13H26N2O3. The predicted octanol–water partition coefficient (Wildman–Crippen LogP) is 1.17. The summed E-state index contributed by atoms with van der Waals surface area (Å²) in [7, 11) is 4.01. The maximum absolute atomic E-state index is 11.9. The average molecular weight is 258 g/mol. The Hall–Kier alpha value is -0.810. The van der Waals surface area contributed by atoms with Crippen LogP contribution in [0.2, 0.25) is 0 Å². The first kappa shape index (κ1) is 15.2. The van der Waals surface area contributed by atoms with Crippen LogP contribution >= 0.6 is 0 Å². The zero-order valence-electron chi connectivity index (χ0n) is 12.1. The van der Waals surface area contributed by atoms with Crippen LogP contribution in [-0.2, 0) is 4.74 Å².